The number of nitrogens with one attached hydrogen (secondary N) is 1. The third-order valence-electron chi connectivity index (χ3n) is 6.66. The zero-order valence-electron chi connectivity index (χ0n) is 21.7. The van der Waals surface area contributed by atoms with E-state index in [-0.39, 0.29) is 30.0 Å². The number of amides is 2. The van der Waals surface area contributed by atoms with Crippen molar-refractivity contribution in [2.75, 3.05) is 17.1 Å². The van der Waals surface area contributed by atoms with Gasteiger partial charge in [0.05, 0.1) is 11.9 Å². The number of hydrogen-bond donors (Lipinski definition) is 1. The van der Waals surface area contributed by atoms with Gasteiger partial charge in [-0.25, -0.2) is 8.42 Å². The number of carbonyl (C=O) groups is 3. The van der Waals surface area contributed by atoms with Gasteiger partial charge in [-0.15, -0.1) is 0 Å². The summed E-state index contributed by atoms with van der Waals surface area (Å²) in [5.74, 6) is -1.11. The lowest BCUT2D eigenvalue weighted by Crippen LogP contribution is -2.53. The second-order valence-corrected chi connectivity index (χ2v) is 12.3. The molecule has 3 rings (SSSR count). The molecule has 206 valence electrons. The number of ketones is 1. The summed E-state index contributed by atoms with van der Waals surface area (Å²) in [6, 6.07) is 10.2. The summed E-state index contributed by atoms with van der Waals surface area (Å²) in [7, 11) is -3.92. The van der Waals surface area contributed by atoms with Gasteiger partial charge in [-0.2, -0.15) is 0 Å². The third-order valence-corrected chi connectivity index (χ3v) is 8.39. The first-order chi connectivity index (χ1) is 17.9. The predicted molar refractivity (Wildman–Crippen MR) is 150 cm³/mol. The van der Waals surface area contributed by atoms with Gasteiger partial charge >= 0.3 is 0 Å². The normalized spacial score (nSPS) is 14.7. The minimum Gasteiger partial charge on any atom is -0.352 e. The van der Waals surface area contributed by atoms with Crippen LogP contribution in [0.3, 0.4) is 0 Å². The lowest BCUT2D eigenvalue weighted by molar-refractivity contribution is -0.140. The Morgan fingerprint density at radius 3 is 2.34 bits per heavy atom. The Bertz CT molecular complexity index is 1300. The van der Waals surface area contributed by atoms with Crippen molar-refractivity contribution in [1.82, 2.24) is 10.2 Å². The number of rotatable bonds is 11. The fourth-order valence-electron chi connectivity index (χ4n) is 4.61. The molecule has 0 spiro atoms. The van der Waals surface area contributed by atoms with Gasteiger partial charge in [0.1, 0.15) is 12.6 Å². The van der Waals surface area contributed by atoms with Gasteiger partial charge in [-0.1, -0.05) is 61.2 Å². The molecular formula is C27H33Cl2N3O5S. The van der Waals surface area contributed by atoms with Crippen molar-refractivity contribution in [1.29, 1.82) is 0 Å². The molecule has 0 aromatic heterocycles. The lowest BCUT2D eigenvalue weighted by Gasteiger charge is -2.33. The number of hydrogen-bond acceptors (Lipinski definition) is 5. The van der Waals surface area contributed by atoms with Gasteiger partial charge in [0.15, 0.2) is 5.78 Å². The van der Waals surface area contributed by atoms with E-state index in [0.29, 0.717) is 27.6 Å². The minimum atomic E-state index is -3.92. The summed E-state index contributed by atoms with van der Waals surface area (Å²) in [5, 5.41) is 3.81. The highest BCUT2D eigenvalue weighted by Gasteiger charge is 2.33. The number of carbonyl (C=O) groups excluding carboxylic acids is 3. The first-order valence-electron chi connectivity index (χ1n) is 12.5. The van der Waals surface area contributed by atoms with E-state index in [1.165, 1.54) is 24.0 Å². The number of Topliss-reactive ketones (excluding diaryl/α,β-unsaturated/α-hetero) is 1. The van der Waals surface area contributed by atoms with E-state index in [0.717, 1.165) is 36.2 Å². The first-order valence-corrected chi connectivity index (χ1v) is 15.1. The molecule has 0 saturated heterocycles. The third kappa shape index (κ3) is 7.71. The van der Waals surface area contributed by atoms with Crippen LogP contribution in [0.4, 0.5) is 5.69 Å². The van der Waals surface area contributed by atoms with E-state index in [9.17, 15) is 22.8 Å². The molecule has 1 saturated carbocycles. The lowest BCUT2D eigenvalue weighted by atomic mass is 10.1. The number of sulfonamides is 1. The maximum Gasteiger partial charge on any atom is 0.244 e. The van der Waals surface area contributed by atoms with Gasteiger partial charge in [0, 0.05) is 28.2 Å². The Morgan fingerprint density at radius 1 is 1.08 bits per heavy atom. The van der Waals surface area contributed by atoms with E-state index < -0.39 is 28.5 Å². The zero-order valence-corrected chi connectivity index (χ0v) is 24.1. The maximum absolute atomic E-state index is 13.8. The van der Waals surface area contributed by atoms with Crippen LogP contribution in [0.2, 0.25) is 10.0 Å². The molecule has 1 atom stereocenters. The summed E-state index contributed by atoms with van der Waals surface area (Å²) in [4.78, 5) is 40.4. The van der Waals surface area contributed by atoms with Crippen molar-refractivity contribution in [3.8, 4) is 0 Å². The summed E-state index contributed by atoms with van der Waals surface area (Å²) >= 11 is 12.5. The molecule has 0 aliphatic heterocycles. The fourth-order valence-corrected chi connectivity index (χ4v) is 5.92. The van der Waals surface area contributed by atoms with Crippen LogP contribution in [0.5, 0.6) is 0 Å². The van der Waals surface area contributed by atoms with Gasteiger partial charge in [-0.05, 0) is 56.0 Å². The number of nitrogens with zero attached hydrogens (tertiary/aromatic N) is 2. The standard InChI is InChI=1S/C27H33Cl2N3O5S/c1-4-25(27(35)30-22-9-5-6-10-22)31(16-20-12-13-21(28)15-24(20)29)26(34)17-32(38(3,36)37)23-11-7-8-19(14-23)18(2)33/h7-8,11-15,22,25H,4-6,9-10,16-17H2,1-3H3,(H,30,35)/t25-/m1/s1. The molecule has 2 aromatic rings. The van der Waals surface area contributed by atoms with Crippen molar-refractivity contribution >= 4 is 56.5 Å². The van der Waals surface area contributed by atoms with E-state index in [4.69, 9.17) is 23.2 Å². The summed E-state index contributed by atoms with van der Waals surface area (Å²) in [5.41, 5.74) is 1.07. The van der Waals surface area contributed by atoms with Crippen LogP contribution < -0.4 is 9.62 Å². The number of benzene rings is 2. The highest BCUT2D eigenvalue weighted by atomic mass is 35.5. The Morgan fingerprint density at radius 2 is 1.76 bits per heavy atom. The fraction of sp³-hybridized carbons (Fsp3) is 0.444. The van der Waals surface area contributed by atoms with Crippen LogP contribution in [0.1, 0.15) is 61.9 Å². The molecule has 0 bridgehead atoms. The Balaban J connectivity index is 1.97. The van der Waals surface area contributed by atoms with Crippen molar-refractivity contribution < 1.29 is 22.8 Å². The van der Waals surface area contributed by atoms with E-state index >= 15 is 0 Å². The highest BCUT2D eigenvalue weighted by molar-refractivity contribution is 7.92. The number of halogens is 2. The molecule has 0 heterocycles. The van der Waals surface area contributed by atoms with Crippen LogP contribution in [-0.4, -0.2) is 55.8 Å². The Kier molecular flexibility index (Phi) is 10.2. The molecule has 1 aliphatic rings. The number of anilines is 1. The summed E-state index contributed by atoms with van der Waals surface area (Å²) in [6.45, 7) is 2.60. The molecule has 0 radical (unpaired) electrons. The smallest absolute Gasteiger partial charge is 0.244 e. The minimum absolute atomic E-state index is 0.0173. The average Bonchev–Trinajstić information content (AvgIpc) is 3.36. The topological polar surface area (TPSA) is 104 Å². The van der Waals surface area contributed by atoms with Gasteiger partial charge < -0.3 is 10.2 Å². The highest BCUT2D eigenvalue weighted by Crippen LogP contribution is 2.26. The molecule has 2 amide bonds. The van der Waals surface area contributed by atoms with Crippen LogP contribution in [0, 0.1) is 0 Å². The summed E-state index contributed by atoms with van der Waals surface area (Å²) in [6.07, 6.45) is 5.14. The Hall–Kier alpha value is -2.62. The molecule has 38 heavy (non-hydrogen) atoms. The summed E-state index contributed by atoms with van der Waals surface area (Å²) < 4.78 is 26.5. The molecule has 1 fully saturated rings. The van der Waals surface area contributed by atoms with E-state index in [1.54, 1.807) is 37.3 Å². The molecule has 8 nitrogen and oxygen atoms in total. The van der Waals surface area contributed by atoms with Crippen LogP contribution in [0.25, 0.3) is 0 Å². The first kappa shape index (κ1) is 29.9. The monoisotopic (exact) mass is 581 g/mol. The van der Waals surface area contributed by atoms with Crippen LogP contribution in [-0.2, 0) is 26.2 Å². The van der Waals surface area contributed by atoms with Gasteiger partial charge in [0.25, 0.3) is 0 Å². The average molecular weight is 583 g/mol. The largest absolute Gasteiger partial charge is 0.352 e. The van der Waals surface area contributed by atoms with Crippen molar-refractivity contribution in [3.63, 3.8) is 0 Å². The van der Waals surface area contributed by atoms with E-state index in [1.807, 2.05) is 0 Å². The van der Waals surface area contributed by atoms with Crippen molar-refractivity contribution in [2.45, 2.75) is 64.6 Å². The van der Waals surface area contributed by atoms with Gasteiger partial charge in [-0.3, -0.25) is 18.7 Å². The zero-order chi connectivity index (χ0) is 28.0. The second-order valence-electron chi connectivity index (χ2n) is 9.55. The SMILES string of the molecule is CC[C@H](C(=O)NC1CCCC1)N(Cc1ccc(Cl)cc1Cl)C(=O)CN(c1cccc(C(C)=O)c1)S(C)(=O)=O. The molecule has 0 unspecified atom stereocenters. The molecule has 1 N–H and O–H groups in total. The Labute approximate surface area is 234 Å². The quantitative estimate of drug-likeness (QED) is 0.383. The van der Waals surface area contributed by atoms with Gasteiger partial charge in [0.2, 0.25) is 21.8 Å². The molecule has 1 aliphatic carbocycles. The predicted octanol–water partition coefficient (Wildman–Crippen LogP) is 4.83. The molecule has 2 aromatic carbocycles. The van der Waals surface area contributed by atoms with Crippen molar-refractivity contribution in [2.24, 2.45) is 0 Å². The maximum atomic E-state index is 13.8. The van der Waals surface area contributed by atoms with E-state index in [2.05, 4.69) is 5.32 Å². The van der Waals surface area contributed by atoms with Crippen LogP contribution >= 0.6 is 23.2 Å². The van der Waals surface area contributed by atoms with Crippen LogP contribution in [0.15, 0.2) is 42.5 Å². The van der Waals surface area contributed by atoms with Crippen molar-refractivity contribution in [3.05, 3.63) is 63.6 Å². The molecule has 11 heteroatoms. The second kappa shape index (κ2) is 13.0. The molecular weight excluding hydrogens is 549 g/mol.